The molecular formula is C20H16F6O4. The molecular weight excluding hydrogens is 418 g/mol. The van der Waals surface area contributed by atoms with Gasteiger partial charge in [0.2, 0.25) is 6.10 Å². The van der Waals surface area contributed by atoms with Gasteiger partial charge in [-0.25, -0.2) is 4.79 Å². The average molecular weight is 434 g/mol. The van der Waals surface area contributed by atoms with Crippen molar-refractivity contribution in [2.75, 3.05) is 7.11 Å². The Morgan fingerprint density at radius 3 is 1.80 bits per heavy atom. The summed E-state index contributed by atoms with van der Waals surface area (Å²) in [6, 6.07) is 12.2. The van der Waals surface area contributed by atoms with E-state index >= 15 is 0 Å². The fraction of sp³-hybridized carbons (Fsp3) is 0.300. The van der Waals surface area contributed by atoms with Gasteiger partial charge < -0.3 is 9.47 Å². The summed E-state index contributed by atoms with van der Waals surface area (Å²) in [7, 11) is 0.527. The third-order valence-electron chi connectivity index (χ3n) is 4.25. The molecule has 0 saturated heterocycles. The molecule has 0 radical (unpaired) electrons. The highest BCUT2D eigenvalue weighted by atomic mass is 19.4. The van der Waals surface area contributed by atoms with E-state index in [1.807, 2.05) is 0 Å². The number of carbonyl (C=O) groups excluding carboxylic acids is 2. The Kier molecular flexibility index (Phi) is 6.91. The molecule has 162 valence electrons. The van der Waals surface area contributed by atoms with Crippen LogP contribution >= 0.6 is 0 Å². The minimum Gasteiger partial charge on any atom is -0.450 e. The first-order chi connectivity index (χ1) is 13.9. The number of alkyl halides is 6. The van der Waals surface area contributed by atoms with Crippen molar-refractivity contribution in [2.24, 2.45) is 0 Å². The van der Waals surface area contributed by atoms with Gasteiger partial charge >= 0.3 is 18.3 Å². The third kappa shape index (κ3) is 4.81. The van der Waals surface area contributed by atoms with Crippen LogP contribution in [0.15, 0.2) is 60.7 Å². The van der Waals surface area contributed by atoms with E-state index in [4.69, 9.17) is 0 Å². The smallest absolute Gasteiger partial charge is 0.432 e. The van der Waals surface area contributed by atoms with Crippen molar-refractivity contribution < 1.29 is 45.4 Å². The minimum atomic E-state index is -5.44. The van der Waals surface area contributed by atoms with E-state index in [0.29, 0.717) is 7.11 Å². The molecule has 0 aliphatic rings. The van der Waals surface area contributed by atoms with Gasteiger partial charge in [-0.05, 0) is 0 Å². The highest BCUT2D eigenvalue weighted by molar-refractivity contribution is 5.96. The van der Waals surface area contributed by atoms with E-state index < -0.39 is 47.8 Å². The first-order valence-corrected chi connectivity index (χ1v) is 8.47. The molecule has 0 spiro atoms. The van der Waals surface area contributed by atoms with Crippen molar-refractivity contribution in [3.05, 3.63) is 71.8 Å². The molecule has 0 amide bonds. The van der Waals surface area contributed by atoms with Crippen molar-refractivity contribution >= 4 is 11.8 Å². The number of methoxy groups -OCH3 is 1. The van der Waals surface area contributed by atoms with E-state index in [9.17, 15) is 35.9 Å². The summed E-state index contributed by atoms with van der Waals surface area (Å²) in [5, 5.41) is 0. The van der Waals surface area contributed by atoms with Crippen LogP contribution in [0.5, 0.6) is 0 Å². The normalized spacial score (nSPS) is 15.2. The van der Waals surface area contributed by atoms with Gasteiger partial charge in [0, 0.05) is 18.2 Å². The first-order valence-electron chi connectivity index (χ1n) is 8.47. The van der Waals surface area contributed by atoms with Gasteiger partial charge in [0.15, 0.2) is 5.78 Å². The summed E-state index contributed by atoms with van der Waals surface area (Å²) in [5.41, 5.74) is -4.67. The topological polar surface area (TPSA) is 52.6 Å². The number of rotatable bonds is 7. The van der Waals surface area contributed by atoms with Gasteiger partial charge in [-0.2, -0.15) is 26.3 Å². The SMILES string of the molecule is CO[C@](C(=O)O[C@H](CC(=O)c1ccccc1)C(F)(F)F)(c1ccccc1)C(F)(F)F. The van der Waals surface area contributed by atoms with Crippen LogP contribution in [-0.4, -0.2) is 37.3 Å². The zero-order valence-corrected chi connectivity index (χ0v) is 15.5. The molecule has 2 aromatic carbocycles. The molecule has 0 aromatic heterocycles. The molecule has 2 atom stereocenters. The Labute approximate surface area is 167 Å². The fourth-order valence-corrected chi connectivity index (χ4v) is 2.73. The zero-order chi connectivity index (χ0) is 22.6. The van der Waals surface area contributed by atoms with Gasteiger partial charge in [-0.1, -0.05) is 60.7 Å². The lowest BCUT2D eigenvalue weighted by molar-refractivity contribution is -0.288. The van der Waals surface area contributed by atoms with E-state index in [2.05, 4.69) is 9.47 Å². The molecule has 0 heterocycles. The Bertz CT molecular complexity index is 864. The molecule has 0 fully saturated rings. The maximum absolute atomic E-state index is 13.8. The minimum absolute atomic E-state index is 0.111. The summed E-state index contributed by atoms with van der Waals surface area (Å²) in [5.74, 6) is -3.38. The van der Waals surface area contributed by atoms with E-state index in [-0.39, 0.29) is 5.56 Å². The zero-order valence-electron chi connectivity index (χ0n) is 15.5. The highest BCUT2D eigenvalue weighted by Crippen LogP contribution is 2.44. The molecule has 0 saturated carbocycles. The monoisotopic (exact) mass is 434 g/mol. The number of ketones is 1. The number of benzene rings is 2. The predicted molar refractivity (Wildman–Crippen MR) is 92.5 cm³/mol. The van der Waals surface area contributed by atoms with Crippen LogP contribution in [0.3, 0.4) is 0 Å². The number of Topliss-reactive ketones (excluding diaryl/α,β-unsaturated/α-hetero) is 1. The molecule has 10 heteroatoms. The van der Waals surface area contributed by atoms with Gasteiger partial charge in [0.25, 0.3) is 5.60 Å². The largest absolute Gasteiger partial charge is 0.450 e. The van der Waals surface area contributed by atoms with Crippen LogP contribution in [0, 0.1) is 0 Å². The van der Waals surface area contributed by atoms with Crippen LogP contribution in [0.2, 0.25) is 0 Å². The predicted octanol–water partition coefficient (Wildman–Crippen LogP) is 4.84. The van der Waals surface area contributed by atoms with E-state index in [0.717, 1.165) is 24.3 Å². The maximum atomic E-state index is 13.8. The Morgan fingerprint density at radius 2 is 1.37 bits per heavy atom. The Morgan fingerprint density at radius 1 is 0.867 bits per heavy atom. The number of ether oxygens (including phenoxy) is 2. The molecule has 0 bridgehead atoms. The van der Waals surface area contributed by atoms with Crippen LogP contribution in [0.1, 0.15) is 22.3 Å². The van der Waals surface area contributed by atoms with Crippen molar-refractivity contribution in [3.63, 3.8) is 0 Å². The van der Waals surface area contributed by atoms with Crippen LogP contribution in [0.4, 0.5) is 26.3 Å². The van der Waals surface area contributed by atoms with E-state index in [1.54, 1.807) is 0 Å². The van der Waals surface area contributed by atoms with Gasteiger partial charge in [-0.15, -0.1) is 0 Å². The lowest BCUT2D eigenvalue weighted by Crippen LogP contribution is -2.53. The molecule has 0 N–H and O–H groups in total. The van der Waals surface area contributed by atoms with Gasteiger partial charge in [0.05, 0.1) is 6.42 Å². The van der Waals surface area contributed by atoms with E-state index in [1.165, 1.54) is 36.4 Å². The quantitative estimate of drug-likeness (QED) is 0.356. The third-order valence-corrected chi connectivity index (χ3v) is 4.25. The first kappa shape index (κ1) is 23.4. The van der Waals surface area contributed by atoms with Crippen molar-refractivity contribution in [1.82, 2.24) is 0 Å². The summed E-state index contributed by atoms with van der Waals surface area (Å²) in [6.45, 7) is 0. The number of hydrogen-bond acceptors (Lipinski definition) is 4. The van der Waals surface area contributed by atoms with Crippen molar-refractivity contribution in [2.45, 2.75) is 30.5 Å². The summed E-state index contributed by atoms with van der Waals surface area (Å²) in [4.78, 5) is 24.6. The van der Waals surface area contributed by atoms with Gasteiger partial charge in [-0.3, -0.25) is 4.79 Å². The molecule has 0 unspecified atom stereocenters. The Hall–Kier alpha value is -2.88. The van der Waals surface area contributed by atoms with Crippen LogP contribution in [0.25, 0.3) is 0 Å². The summed E-state index contributed by atoms with van der Waals surface area (Å²) >= 11 is 0. The van der Waals surface area contributed by atoms with Crippen LogP contribution in [-0.2, 0) is 19.9 Å². The van der Waals surface area contributed by atoms with Crippen molar-refractivity contribution in [1.29, 1.82) is 0 Å². The number of halogens is 6. The second-order valence-corrected chi connectivity index (χ2v) is 6.18. The molecule has 2 aromatic rings. The lowest BCUT2D eigenvalue weighted by atomic mass is 9.92. The highest BCUT2D eigenvalue weighted by Gasteiger charge is 2.65. The molecule has 4 nitrogen and oxygen atoms in total. The summed E-state index contributed by atoms with van der Waals surface area (Å²) in [6.07, 6.45) is -15.2. The molecule has 0 aliphatic carbocycles. The van der Waals surface area contributed by atoms with Crippen LogP contribution < -0.4 is 0 Å². The lowest BCUT2D eigenvalue weighted by Gasteiger charge is -2.34. The molecule has 30 heavy (non-hydrogen) atoms. The molecule has 2 rings (SSSR count). The number of hydrogen-bond donors (Lipinski definition) is 0. The van der Waals surface area contributed by atoms with Gasteiger partial charge in [0.1, 0.15) is 0 Å². The standard InChI is InChI=1S/C20H16F6O4/c1-29-18(20(24,25)26,14-10-6-3-7-11-14)17(28)30-16(19(21,22)23)12-15(27)13-8-4-2-5-9-13/h2-11,16H,12H2,1H3/t16-,18+/m1/s1. The average Bonchev–Trinajstić information content (AvgIpc) is 2.68. The second kappa shape index (κ2) is 8.86. The number of esters is 1. The second-order valence-electron chi connectivity index (χ2n) is 6.18. The molecule has 0 aliphatic heterocycles. The Balaban J connectivity index is 2.40. The van der Waals surface area contributed by atoms with Crippen molar-refractivity contribution in [3.8, 4) is 0 Å². The fourth-order valence-electron chi connectivity index (χ4n) is 2.73. The maximum Gasteiger partial charge on any atom is 0.432 e. The summed E-state index contributed by atoms with van der Waals surface area (Å²) < 4.78 is 90.2. The number of carbonyl (C=O) groups is 2.